The molecule has 28 heavy (non-hydrogen) atoms. The first-order valence-corrected chi connectivity index (χ1v) is 10.1. The summed E-state index contributed by atoms with van der Waals surface area (Å²) in [6.07, 6.45) is 2.09. The summed E-state index contributed by atoms with van der Waals surface area (Å²) in [4.78, 5) is 17.4. The normalized spacial score (nSPS) is 13.3. The zero-order valence-corrected chi connectivity index (χ0v) is 17.2. The molecule has 1 aliphatic rings. The zero-order valence-electron chi connectivity index (χ0n) is 16.5. The highest BCUT2D eigenvalue weighted by atomic mass is 35.5. The van der Waals surface area contributed by atoms with E-state index in [4.69, 9.17) is 21.1 Å². The molecule has 3 rings (SSSR count). The van der Waals surface area contributed by atoms with E-state index in [-0.39, 0.29) is 5.91 Å². The van der Waals surface area contributed by atoms with Crippen LogP contribution in [0.5, 0.6) is 0 Å². The molecule has 0 aliphatic carbocycles. The first kappa shape index (κ1) is 20.6. The van der Waals surface area contributed by atoms with E-state index < -0.39 is 0 Å². The molecular weight excluding hydrogens is 376 g/mol. The lowest BCUT2D eigenvalue weighted by molar-refractivity contribution is 0.0722. The Morgan fingerprint density at radius 1 is 0.929 bits per heavy atom. The van der Waals surface area contributed by atoms with Gasteiger partial charge in [0.1, 0.15) is 0 Å². The van der Waals surface area contributed by atoms with Crippen LogP contribution in [0, 0.1) is 0 Å². The third kappa shape index (κ3) is 4.49. The molecule has 0 saturated carbocycles. The van der Waals surface area contributed by atoms with Gasteiger partial charge in [-0.25, -0.2) is 0 Å². The number of para-hydroxylation sites is 2. The van der Waals surface area contributed by atoms with Crippen molar-refractivity contribution in [2.75, 3.05) is 49.8 Å². The molecule has 0 aromatic heterocycles. The summed E-state index contributed by atoms with van der Waals surface area (Å²) in [6, 6.07) is 13.5. The molecule has 1 heterocycles. The number of halogens is 1. The fourth-order valence-electron chi connectivity index (χ4n) is 3.39. The van der Waals surface area contributed by atoms with Gasteiger partial charge in [-0.2, -0.15) is 0 Å². The van der Waals surface area contributed by atoms with Gasteiger partial charge in [0.25, 0.3) is 5.91 Å². The van der Waals surface area contributed by atoms with Crippen LogP contribution in [0.25, 0.3) is 0 Å². The number of carbonyl (C=O) groups excluding carboxylic acids is 1. The number of fused-ring (bicyclic) bond motifs is 2. The van der Waals surface area contributed by atoms with Gasteiger partial charge in [0.15, 0.2) is 0 Å². The van der Waals surface area contributed by atoms with Crippen LogP contribution < -0.4 is 9.80 Å². The van der Waals surface area contributed by atoms with Crippen LogP contribution in [0.3, 0.4) is 0 Å². The van der Waals surface area contributed by atoms with Gasteiger partial charge < -0.3 is 19.3 Å². The van der Waals surface area contributed by atoms with Crippen molar-refractivity contribution in [2.45, 2.75) is 19.8 Å². The maximum Gasteiger partial charge on any atom is 0.260 e. The number of rotatable bonds is 9. The maximum absolute atomic E-state index is 13.4. The van der Waals surface area contributed by atoms with Crippen molar-refractivity contribution in [2.24, 2.45) is 0 Å². The molecule has 0 spiro atoms. The van der Waals surface area contributed by atoms with Crippen molar-refractivity contribution in [1.29, 1.82) is 0 Å². The van der Waals surface area contributed by atoms with Gasteiger partial charge in [-0.05, 0) is 36.8 Å². The van der Waals surface area contributed by atoms with Crippen molar-refractivity contribution in [3.63, 3.8) is 0 Å². The Hall–Kier alpha value is -2.08. The molecule has 0 saturated heterocycles. The number of unbranched alkanes of at least 4 members (excludes halogenated alkanes) is 1. The molecule has 0 fully saturated rings. The average Bonchev–Trinajstić information content (AvgIpc) is 2.80. The number of carbonyl (C=O) groups is 1. The minimum absolute atomic E-state index is 0.0338. The highest BCUT2D eigenvalue weighted by Crippen LogP contribution is 2.41. The van der Waals surface area contributed by atoms with Gasteiger partial charge in [-0.15, -0.1) is 0 Å². The van der Waals surface area contributed by atoms with Gasteiger partial charge in [-0.1, -0.05) is 37.1 Å². The lowest BCUT2D eigenvalue weighted by Gasteiger charge is -2.27. The molecule has 6 heteroatoms. The Labute approximate surface area is 171 Å². The van der Waals surface area contributed by atoms with Crippen molar-refractivity contribution >= 4 is 34.6 Å². The summed E-state index contributed by atoms with van der Waals surface area (Å²) in [7, 11) is 1.64. The Morgan fingerprint density at radius 2 is 1.68 bits per heavy atom. The van der Waals surface area contributed by atoms with E-state index in [0.29, 0.717) is 37.0 Å². The Balaban J connectivity index is 2.00. The van der Waals surface area contributed by atoms with E-state index in [1.165, 1.54) is 0 Å². The van der Waals surface area contributed by atoms with Crippen LogP contribution in [0.4, 0.5) is 17.1 Å². The minimum atomic E-state index is -0.0338. The second-order valence-corrected chi connectivity index (χ2v) is 7.15. The zero-order chi connectivity index (χ0) is 19.9. The Kier molecular flexibility index (Phi) is 7.31. The van der Waals surface area contributed by atoms with E-state index in [1.807, 2.05) is 30.3 Å². The first-order valence-electron chi connectivity index (χ1n) is 9.72. The molecule has 2 aromatic carbocycles. The number of ether oxygens (including phenoxy) is 2. The van der Waals surface area contributed by atoms with E-state index in [9.17, 15) is 4.79 Å². The van der Waals surface area contributed by atoms with Crippen LogP contribution in [0.15, 0.2) is 42.5 Å². The van der Waals surface area contributed by atoms with Crippen LogP contribution in [-0.4, -0.2) is 45.9 Å². The smallest absolute Gasteiger partial charge is 0.260 e. The molecular formula is C22H27ClN2O3. The highest BCUT2D eigenvalue weighted by molar-refractivity contribution is 6.31. The number of hydrogen-bond donors (Lipinski definition) is 0. The third-order valence-electron chi connectivity index (χ3n) is 4.82. The first-order chi connectivity index (χ1) is 13.7. The Bertz CT molecular complexity index is 812. The van der Waals surface area contributed by atoms with Crippen molar-refractivity contribution in [3.8, 4) is 0 Å². The van der Waals surface area contributed by atoms with Crippen LogP contribution in [0.1, 0.15) is 30.1 Å². The summed E-state index contributed by atoms with van der Waals surface area (Å²) in [6.45, 7) is 4.96. The molecule has 1 amide bonds. The maximum atomic E-state index is 13.4. The van der Waals surface area contributed by atoms with E-state index in [1.54, 1.807) is 18.1 Å². The number of methoxy groups -OCH3 is 1. The molecule has 1 aliphatic heterocycles. The predicted molar refractivity (Wildman–Crippen MR) is 114 cm³/mol. The second kappa shape index (κ2) is 9.92. The lowest BCUT2D eigenvalue weighted by atomic mass is 10.1. The fraction of sp³-hybridized carbons (Fsp3) is 0.409. The SMILES string of the molecule is CCCCN1c2cc(Cl)ccc2C(=O)N(CCOCCOC)c2ccccc21. The van der Waals surface area contributed by atoms with E-state index in [0.717, 1.165) is 36.4 Å². The number of benzene rings is 2. The van der Waals surface area contributed by atoms with Gasteiger partial charge in [0.05, 0.1) is 42.4 Å². The van der Waals surface area contributed by atoms with E-state index >= 15 is 0 Å². The summed E-state index contributed by atoms with van der Waals surface area (Å²) >= 11 is 6.29. The summed E-state index contributed by atoms with van der Waals surface area (Å²) < 4.78 is 10.6. The lowest BCUT2D eigenvalue weighted by Crippen LogP contribution is -2.33. The molecule has 0 bridgehead atoms. The summed E-state index contributed by atoms with van der Waals surface area (Å²) in [5.74, 6) is -0.0338. The Morgan fingerprint density at radius 3 is 2.39 bits per heavy atom. The molecule has 0 N–H and O–H groups in total. The van der Waals surface area contributed by atoms with Gasteiger partial charge in [0.2, 0.25) is 0 Å². The van der Waals surface area contributed by atoms with Crippen molar-refractivity contribution in [3.05, 3.63) is 53.1 Å². The number of amides is 1. The van der Waals surface area contributed by atoms with Gasteiger partial charge in [0, 0.05) is 25.2 Å². The van der Waals surface area contributed by atoms with Crippen LogP contribution in [0.2, 0.25) is 5.02 Å². The highest BCUT2D eigenvalue weighted by Gasteiger charge is 2.30. The standard InChI is InChI=1S/C22H27ClN2O3/c1-3-4-11-24-19-7-5-6-8-20(19)25(12-13-28-15-14-27-2)22(26)18-10-9-17(23)16-21(18)24/h5-10,16H,3-4,11-15H2,1-2H3. The number of anilines is 3. The molecule has 0 unspecified atom stereocenters. The van der Waals surface area contributed by atoms with Crippen LogP contribution >= 0.6 is 11.6 Å². The third-order valence-corrected chi connectivity index (χ3v) is 5.05. The quantitative estimate of drug-likeness (QED) is 0.559. The molecule has 150 valence electrons. The van der Waals surface area contributed by atoms with Gasteiger partial charge in [-0.3, -0.25) is 4.79 Å². The summed E-state index contributed by atoms with van der Waals surface area (Å²) in [5, 5.41) is 0.627. The molecule has 0 radical (unpaired) electrons. The number of nitrogens with zero attached hydrogens (tertiary/aromatic N) is 2. The van der Waals surface area contributed by atoms with Crippen LogP contribution in [-0.2, 0) is 9.47 Å². The average molecular weight is 403 g/mol. The van der Waals surface area contributed by atoms with Crippen molar-refractivity contribution in [1.82, 2.24) is 0 Å². The summed E-state index contributed by atoms with van der Waals surface area (Å²) in [5.41, 5.74) is 3.43. The largest absolute Gasteiger partial charge is 0.382 e. The van der Waals surface area contributed by atoms with E-state index in [2.05, 4.69) is 17.9 Å². The number of hydrogen-bond acceptors (Lipinski definition) is 4. The molecule has 2 aromatic rings. The predicted octanol–water partition coefficient (Wildman–Crippen LogP) is 4.90. The monoisotopic (exact) mass is 402 g/mol. The topological polar surface area (TPSA) is 42.0 Å². The van der Waals surface area contributed by atoms with Crippen molar-refractivity contribution < 1.29 is 14.3 Å². The minimum Gasteiger partial charge on any atom is -0.382 e. The van der Waals surface area contributed by atoms with Gasteiger partial charge >= 0.3 is 0 Å². The molecule has 0 atom stereocenters. The fourth-order valence-corrected chi connectivity index (χ4v) is 3.56. The second-order valence-electron chi connectivity index (χ2n) is 6.72. The molecule has 5 nitrogen and oxygen atoms in total.